The number of nitrogens with zero attached hydrogens (tertiary/aromatic N) is 2. The maximum atomic E-state index is 12.8. The van der Waals surface area contributed by atoms with Crippen LogP contribution in [0.2, 0.25) is 0 Å². The van der Waals surface area contributed by atoms with E-state index in [1.54, 1.807) is 48.5 Å². The summed E-state index contributed by atoms with van der Waals surface area (Å²) in [6.07, 6.45) is -0.0539. The predicted molar refractivity (Wildman–Crippen MR) is 105 cm³/mol. The summed E-state index contributed by atoms with van der Waals surface area (Å²) in [5.74, 6) is -0.965. The highest BCUT2D eigenvalue weighted by molar-refractivity contribution is 9.10. The Balaban J connectivity index is 2.01. The first-order chi connectivity index (χ1) is 12.9. The first-order valence-electron chi connectivity index (χ1n) is 8.31. The van der Waals surface area contributed by atoms with Gasteiger partial charge in [0.25, 0.3) is 0 Å². The minimum Gasteiger partial charge on any atom is -0.409 e. The summed E-state index contributed by atoms with van der Waals surface area (Å²) in [7, 11) is 0. The number of carbonyl (C=O) groups is 3. The van der Waals surface area contributed by atoms with Gasteiger partial charge in [-0.3, -0.25) is 19.3 Å². The standard InChI is InChI=1S/C20H17BrN2O4/c1-12(24)23-17-6-4-3-5-16(17)22-20(27-13(2)25)18(23)11-19(26)14-7-9-15(21)10-8-14/h3-10,18H,11H2,1-2H3. The number of Topliss-reactive ketones (excluding diaryl/α,β-unsaturated/α-hetero) is 1. The van der Waals surface area contributed by atoms with Gasteiger partial charge in [0.1, 0.15) is 6.04 Å². The third-order valence-corrected chi connectivity index (χ3v) is 4.63. The molecule has 0 saturated carbocycles. The molecule has 138 valence electrons. The maximum absolute atomic E-state index is 12.8. The van der Waals surface area contributed by atoms with Gasteiger partial charge in [-0.1, -0.05) is 40.2 Å². The summed E-state index contributed by atoms with van der Waals surface area (Å²) in [5.41, 5.74) is 1.59. The molecule has 3 rings (SSSR count). The minimum atomic E-state index is -0.794. The topological polar surface area (TPSA) is 76.0 Å². The fraction of sp³-hybridized carbons (Fsp3) is 0.200. The molecule has 0 spiro atoms. The Labute approximate surface area is 165 Å². The van der Waals surface area contributed by atoms with E-state index in [-0.39, 0.29) is 24.0 Å². The molecular formula is C20H17BrN2O4. The number of ketones is 1. The number of rotatable bonds is 3. The molecule has 1 aliphatic rings. The molecule has 1 aliphatic heterocycles. The number of hydrogen-bond acceptors (Lipinski definition) is 5. The SMILES string of the molecule is CC(=O)OC1=Nc2ccccc2N(C(C)=O)C1CC(=O)c1ccc(Br)cc1. The molecule has 0 aliphatic carbocycles. The summed E-state index contributed by atoms with van der Waals surface area (Å²) in [6.45, 7) is 2.67. The summed E-state index contributed by atoms with van der Waals surface area (Å²) in [5, 5.41) is 0. The molecule has 2 aromatic rings. The zero-order valence-electron chi connectivity index (χ0n) is 14.8. The van der Waals surface area contributed by atoms with Crippen LogP contribution in [0.1, 0.15) is 30.6 Å². The number of halogens is 1. The Kier molecular flexibility index (Phi) is 5.51. The number of fused-ring (bicyclic) bond motifs is 1. The second-order valence-electron chi connectivity index (χ2n) is 6.07. The van der Waals surface area contributed by atoms with Gasteiger partial charge in [0.15, 0.2) is 5.78 Å². The van der Waals surface area contributed by atoms with Gasteiger partial charge in [0.2, 0.25) is 11.8 Å². The van der Waals surface area contributed by atoms with Crippen LogP contribution >= 0.6 is 15.9 Å². The van der Waals surface area contributed by atoms with Crippen molar-refractivity contribution >= 4 is 50.9 Å². The lowest BCUT2D eigenvalue weighted by Crippen LogP contribution is -2.48. The molecule has 1 amide bonds. The van der Waals surface area contributed by atoms with Crippen LogP contribution in [0.4, 0.5) is 11.4 Å². The van der Waals surface area contributed by atoms with Gasteiger partial charge >= 0.3 is 5.97 Å². The van der Waals surface area contributed by atoms with E-state index in [1.807, 2.05) is 0 Å². The lowest BCUT2D eigenvalue weighted by molar-refractivity contribution is -0.133. The third kappa shape index (κ3) is 4.14. The molecule has 0 radical (unpaired) electrons. The number of hydrogen-bond donors (Lipinski definition) is 0. The Bertz CT molecular complexity index is 937. The van der Waals surface area contributed by atoms with Crippen molar-refractivity contribution in [3.8, 4) is 0 Å². The number of anilines is 1. The van der Waals surface area contributed by atoms with E-state index in [1.165, 1.54) is 18.7 Å². The molecule has 27 heavy (non-hydrogen) atoms. The van der Waals surface area contributed by atoms with Crippen LogP contribution in [-0.4, -0.2) is 29.6 Å². The molecule has 0 bridgehead atoms. The average Bonchev–Trinajstić information content (AvgIpc) is 2.61. The first-order valence-corrected chi connectivity index (χ1v) is 9.10. The maximum Gasteiger partial charge on any atom is 0.309 e. The zero-order valence-corrected chi connectivity index (χ0v) is 16.4. The predicted octanol–water partition coefficient (Wildman–Crippen LogP) is 4.05. The second-order valence-corrected chi connectivity index (χ2v) is 6.99. The highest BCUT2D eigenvalue weighted by Gasteiger charge is 2.36. The van der Waals surface area contributed by atoms with Crippen molar-refractivity contribution in [3.63, 3.8) is 0 Å². The first kappa shape index (κ1) is 19.0. The minimum absolute atomic E-state index is 0.0434. The second kappa shape index (κ2) is 7.84. The summed E-state index contributed by atoms with van der Waals surface area (Å²) in [6, 6.07) is 13.2. The van der Waals surface area contributed by atoms with Crippen molar-refractivity contribution in [1.29, 1.82) is 0 Å². The molecular weight excluding hydrogens is 412 g/mol. The monoisotopic (exact) mass is 428 g/mol. The van der Waals surface area contributed by atoms with Crippen molar-refractivity contribution in [2.45, 2.75) is 26.3 Å². The molecule has 0 N–H and O–H groups in total. The number of benzene rings is 2. The fourth-order valence-electron chi connectivity index (χ4n) is 2.97. The molecule has 7 heteroatoms. The summed E-state index contributed by atoms with van der Waals surface area (Å²) < 4.78 is 6.11. The number of ether oxygens (including phenoxy) is 1. The molecule has 0 aromatic heterocycles. The van der Waals surface area contributed by atoms with Gasteiger partial charge in [-0.15, -0.1) is 0 Å². The smallest absolute Gasteiger partial charge is 0.309 e. The van der Waals surface area contributed by atoms with Crippen LogP contribution in [0.3, 0.4) is 0 Å². The van der Waals surface area contributed by atoms with Crippen molar-refractivity contribution in [1.82, 2.24) is 0 Å². The largest absolute Gasteiger partial charge is 0.409 e. The van der Waals surface area contributed by atoms with Gasteiger partial charge in [-0.05, 0) is 24.3 Å². The highest BCUT2D eigenvalue weighted by atomic mass is 79.9. The van der Waals surface area contributed by atoms with E-state index in [0.29, 0.717) is 16.9 Å². The molecule has 1 unspecified atom stereocenters. The van der Waals surface area contributed by atoms with Crippen LogP contribution in [0.15, 0.2) is 58.0 Å². The average molecular weight is 429 g/mol. The van der Waals surface area contributed by atoms with Crippen molar-refractivity contribution < 1.29 is 19.1 Å². The van der Waals surface area contributed by atoms with Gasteiger partial charge in [-0.2, -0.15) is 0 Å². The van der Waals surface area contributed by atoms with E-state index in [2.05, 4.69) is 20.9 Å². The van der Waals surface area contributed by atoms with Crippen LogP contribution in [0, 0.1) is 0 Å². The van der Waals surface area contributed by atoms with Gasteiger partial charge in [0, 0.05) is 30.3 Å². The van der Waals surface area contributed by atoms with Crippen LogP contribution in [-0.2, 0) is 14.3 Å². The van der Waals surface area contributed by atoms with Gasteiger partial charge < -0.3 is 4.74 Å². The van der Waals surface area contributed by atoms with Gasteiger partial charge in [-0.25, -0.2) is 4.99 Å². The molecule has 2 aromatic carbocycles. The van der Waals surface area contributed by atoms with E-state index in [9.17, 15) is 14.4 Å². The number of carbonyl (C=O) groups excluding carboxylic acids is 3. The highest BCUT2D eigenvalue weighted by Crippen LogP contribution is 2.36. The summed E-state index contributed by atoms with van der Waals surface area (Å²) >= 11 is 3.34. The quantitative estimate of drug-likeness (QED) is 0.545. The third-order valence-electron chi connectivity index (χ3n) is 4.10. The van der Waals surface area contributed by atoms with Crippen molar-refractivity contribution in [2.24, 2.45) is 4.99 Å². The van der Waals surface area contributed by atoms with E-state index in [4.69, 9.17) is 4.74 Å². The number of para-hydroxylation sites is 2. The molecule has 1 atom stereocenters. The van der Waals surface area contributed by atoms with Crippen LogP contribution in [0.25, 0.3) is 0 Å². The van der Waals surface area contributed by atoms with Crippen LogP contribution < -0.4 is 4.90 Å². The number of esters is 1. The van der Waals surface area contributed by atoms with Gasteiger partial charge in [0.05, 0.1) is 11.4 Å². The normalized spacial score (nSPS) is 15.6. The Morgan fingerprint density at radius 1 is 1.07 bits per heavy atom. The Hall–Kier alpha value is -2.80. The van der Waals surface area contributed by atoms with Crippen LogP contribution in [0.5, 0.6) is 0 Å². The van der Waals surface area contributed by atoms with E-state index in [0.717, 1.165) is 4.47 Å². The molecule has 0 saturated heterocycles. The fourth-order valence-corrected chi connectivity index (χ4v) is 3.23. The number of amides is 1. The lowest BCUT2D eigenvalue weighted by Gasteiger charge is -2.34. The number of aliphatic imine (C=N–C) groups is 1. The van der Waals surface area contributed by atoms with Crippen molar-refractivity contribution in [2.75, 3.05) is 4.90 Å². The molecule has 1 heterocycles. The lowest BCUT2D eigenvalue weighted by atomic mass is 10.00. The Morgan fingerprint density at radius 2 is 1.74 bits per heavy atom. The molecule has 0 fully saturated rings. The van der Waals surface area contributed by atoms with E-state index < -0.39 is 12.0 Å². The zero-order chi connectivity index (χ0) is 19.6. The summed E-state index contributed by atoms with van der Waals surface area (Å²) in [4.78, 5) is 42.5. The Morgan fingerprint density at radius 3 is 2.37 bits per heavy atom. The van der Waals surface area contributed by atoms with Crippen molar-refractivity contribution in [3.05, 3.63) is 58.6 Å². The van der Waals surface area contributed by atoms with E-state index >= 15 is 0 Å². The molecule has 6 nitrogen and oxygen atoms in total.